The van der Waals surface area contributed by atoms with Crippen molar-refractivity contribution in [3.05, 3.63) is 0 Å². The highest BCUT2D eigenvalue weighted by Gasteiger charge is 2.26. The van der Waals surface area contributed by atoms with Crippen molar-refractivity contribution in [3.8, 4) is 0 Å². The average molecular weight is 241 g/mol. The maximum absolute atomic E-state index is 9.93. The van der Waals surface area contributed by atoms with Crippen molar-refractivity contribution in [2.45, 2.75) is 69.6 Å². The van der Waals surface area contributed by atoms with Gasteiger partial charge in [-0.3, -0.25) is 0 Å². The lowest BCUT2D eigenvalue weighted by Gasteiger charge is -2.33. The van der Waals surface area contributed by atoms with Crippen molar-refractivity contribution in [1.82, 2.24) is 5.32 Å². The van der Waals surface area contributed by atoms with Crippen LogP contribution in [0.2, 0.25) is 0 Å². The molecule has 0 spiro atoms. The van der Waals surface area contributed by atoms with Crippen LogP contribution in [0.15, 0.2) is 0 Å². The summed E-state index contributed by atoms with van der Waals surface area (Å²) < 4.78 is 5.44. The van der Waals surface area contributed by atoms with Gasteiger partial charge in [-0.25, -0.2) is 0 Å². The SMILES string of the molecule is COC1CCCC(NCC2CCCCC2O)C1. The monoisotopic (exact) mass is 241 g/mol. The van der Waals surface area contributed by atoms with Crippen LogP contribution in [-0.2, 0) is 4.74 Å². The third-order valence-electron chi connectivity index (χ3n) is 4.50. The molecule has 2 saturated carbocycles. The van der Waals surface area contributed by atoms with Gasteiger partial charge in [0.15, 0.2) is 0 Å². The molecular formula is C14H27NO2. The number of rotatable bonds is 4. The quantitative estimate of drug-likeness (QED) is 0.792. The first kappa shape index (κ1) is 13.3. The van der Waals surface area contributed by atoms with Gasteiger partial charge in [-0.05, 0) is 44.4 Å². The minimum atomic E-state index is -0.0712. The predicted molar refractivity (Wildman–Crippen MR) is 69.0 cm³/mol. The lowest BCUT2D eigenvalue weighted by atomic mass is 9.85. The fraction of sp³-hybridized carbons (Fsp3) is 1.00. The zero-order valence-electron chi connectivity index (χ0n) is 11.0. The van der Waals surface area contributed by atoms with Gasteiger partial charge in [0.1, 0.15) is 0 Å². The summed E-state index contributed by atoms with van der Waals surface area (Å²) >= 11 is 0. The number of ether oxygens (including phenoxy) is 1. The smallest absolute Gasteiger partial charge is 0.0586 e. The van der Waals surface area contributed by atoms with Crippen LogP contribution in [0.25, 0.3) is 0 Å². The Bertz CT molecular complexity index is 222. The molecule has 17 heavy (non-hydrogen) atoms. The predicted octanol–water partition coefficient (Wildman–Crippen LogP) is 2.08. The van der Waals surface area contributed by atoms with Crippen molar-refractivity contribution in [1.29, 1.82) is 0 Å². The summed E-state index contributed by atoms with van der Waals surface area (Å²) in [6, 6.07) is 0.600. The molecule has 2 aliphatic rings. The Morgan fingerprint density at radius 2 is 1.94 bits per heavy atom. The van der Waals surface area contributed by atoms with Gasteiger partial charge in [0.25, 0.3) is 0 Å². The van der Waals surface area contributed by atoms with E-state index in [0.29, 0.717) is 18.1 Å². The molecule has 100 valence electrons. The summed E-state index contributed by atoms with van der Waals surface area (Å²) in [6.07, 6.45) is 9.93. The maximum Gasteiger partial charge on any atom is 0.0586 e. The second-order valence-corrected chi connectivity index (χ2v) is 5.74. The Hall–Kier alpha value is -0.120. The minimum Gasteiger partial charge on any atom is -0.393 e. The van der Waals surface area contributed by atoms with E-state index in [2.05, 4.69) is 5.32 Å². The van der Waals surface area contributed by atoms with E-state index in [1.165, 1.54) is 38.5 Å². The van der Waals surface area contributed by atoms with E-state index in [4.69, 9.17) is 4.74 Å². The maximum atomic E-state index is 9.93. The van der Waals surface area contributed by atoms with E-state index in [1.807, 2.05) is 7.11 Å². The fourth-order valence-corrected chi connectivity index (χ4v) is 3.29. The van der Waals surface area contributed by atoms with Gasteiger partial charge in [-0.15, -0.1) is 0 Å². The number of aliphatic hydroxyl groups is 1. The van der Waals surface area contributed by atoms with Crippen LogP contribution < -0.4 is 5.32 Å². The number of methoxy groups -OCH3 is 1. The number of nitrogens with one attached hydrogen (secondary N) is 1. The van der Waals surface area contributed by atoms with E-state index in [-0.39, 0.29) is 6.10 Å². The van der Waals surface area contributed by atoms with Crippen LogP contribution in [0.3, 0.4) is 0 Å². The number of hydrogen-bond donors (Lipinski definition) is 2. The van der Waals surface area contributed by atoms with Gasteiger partial charge in [-0.1, -0.05) is 12.8 Å². The standard InChI is InChI=1S/C14H27NO2/c1-17-13-7-4-6-12(9-13)15-10-11-5-2-3-8-14(11)16/h11-16H,2-10H2,1H3. The van der Waals surface area contributed by atoms with Gasteiger partial charge >= 0.3 is 0 Å². The minimum absolute atomic E-state index is 0.0712. The second kappa shape index (κ2) is 6.72. The largest absolute Gasteiger partial charge is 0.393 e. The molecule has 2 fully saturated rings. The normalized spacial score (nSPS) is 39.2. The van der Waals surface area contributed by atoms with Crippen molar-refractivity contribution >= 4 is 0 Å². The zero-order valence-corrected chi connectivity index (χ0v) is 11.0. The van der Waals surface area contributed by atoms with Crippen molar-refractivity contribution < 1.29 is 9.84 Å². The molecule has 0 amide bonds. The van der Waals surface area contributed by atoms with Crippen molar-refractivity contribution in [3.63, 3.8) is 0 Å². The summed E-state index contributed by atoms with van der Waals surface area (Å²) in [5, 5.41) is 13.6. The summed E-state index contributed by atoms with van der Waals surface area (Å²) in [6.45, 7) is 0.988. The second-order valence-electron chi connectivity index (χ2n) is 5.74. The number of hydrogen-bond acceptors (Lipinski definition) is 3. The van der Waals surface area contributed by atoms with Crippen molar-refractivity contribution in [2.24, 2.45) is 5.92 Å². The molecule has 3 heteroatoms. The third-order valence-corrected chi connectivity index (χ3v) is 4.50. The highest BCUT2D eigenvalue weighted by molar-refractivity contribution is 4.82. The van der Waals surface area contributed by atoms with Gasteiger partial charge < -0.3 is 15.2 Å². The van der Waals surface area contributed by atoms with Gasteiger partial charge in [0, 0.05) is 19.7 Å². The third kappa shape index (κ3) is 3.94. The first-order chi connectivity index (χ1) is 8.29. The summed E-state index contributed by atoms with van der Waals surface area (Å²) in [7, 11) is 1.82. The summed E-state index contributed by atoms with van der Waals surface area (Å²) in [4.78, 5) is 0. The van der Waals surface area contributed by atoms with Crippen molar-refractivity contribution in [2.75, 3.05) is 13.7 Å². The topological polar surface area (TPSA) is 41.5 Å². The molecule has 0 heterocycles. The van der Waals surface area contributed by atoms with Gasteiger partial charge in [0.05, 0.1) is 12.2 Å². The Labute approximate surface area is 105 Å². The van der Waals surface area contributed by atoms with Crippen LogP contribution in [0.1, 0.15) is 51.4 Å². The first-order valence-corrected chi connectivity index (χ1v) is 7.24. The Morgan fingerprint density at radius 3 is 2.71 bits per heavy atom. The molecule has 2 N–H and O–H groups in total. The summed E-state index contributed by atoms with van der Waals surface area (Å²) in [5.74, 6) is 0.478. The molecule has 0 aromatic rings. The van der Waals surface area contributed by atoms with Gasteiger partial charge in [0.2, 0.25) is 0 Å². The fourth-order valence-electron chi connectivity index (χ4n) is 3.29. The Balaban J connectivity index is 1.69. The lowest BCUT2D eigenvalue weighted by molar-refractivity contribution is 0.0480. The Kier molecular flexibility index (Phi) is 5.26. The Morgan fingerprint density at radius 1 is 1.12 bits per heavy atom. The molecule has 3 nitrogen and oxygen atoms in total. The summed E-state index contributed by atoms with van der Waals surface area (Å²) in [5.41, 5.74) is 0. The highest BCUT2D eigenvalue weighted by Crippen LogP contribution is 2.25. The van der Waals surface area contributed by atoms with Crippen LogP contribution >= 0.6 is 0 Å². The molecule has 0 bridgehead atoms. The van der Waals surface area contributed by atoms with Crippen LogP contribution in [-0.4, -0.2) is 37.0 Å². The molecule has 0 aromatic heterocycles. The van der Waals surface area contributed by atoms with E-state index >= 15 is 0 Å². The zero-order chi connectivity index (χ0) is 12.1. The average Bonchev–Trinajstić information content (AvgIpc) is 2.38. The van der Waals surface area contributed by atoms with Crippen LogP contribution in [0.5, 0.6) is 0 Å². The lowest BCUT2D eigenvalue weighted by Crippen LogP contribution is -2.42. The van der Waals surface area contributed by atoms with Gasteiger partial charge in [-0.2, -0.15) is 0 Å². The number of aliphatic hydroxyl groups excluding tert-OH is 1. The molecule has 0 saturated heterocycles. The molecule has 2 rings (SSSR count). The highest BCUT2D eigenvalue weighted by atomic mass is 16.5. The first-order valence-electron chi connectivity index (χ1n) is 7.24. The van der Waals surface area contributed by atoms with E-state index in [0.717, 1.165) is 19.4 Å². The van der Waals surface area contributed by atoms with E-state index in [9.17, 15) is 5.11 Å². The van der Waals surface area contributed by atoms with Crippen LogP contribution in [0.4, 0.5) is 0 Å². The van der Waals surface area contributed by atoms with E-state index < -0.39 is 0 Å². The molecule has 4 atom stereocenters. The van der Waals surface area contributed by atoms with E-state index in [1.54, 1.807) is 0 Å². The molecule has 4 unspecified atom stereocenters. The molecule has 0 radical (unpaired) electrons. The van der Waals surface area contributed by atoms with Crippen LogP contribution in [0, 0.1) is 5.92 Å². The molecular weight excluding hydrogens is 214 g/mol. The molecule has 2 aliphatic carbocycles. The molecule has 0 aliphatic heterocycles. The molecule has 0 aromatic carbocycles.